The summed E-state index contributed by atoms with van der Waals surface area (Å²) in [6.07, 6.45) is 0. The fourth-order valence-corrected chi connectivity index (χ4v) is 3.38. The Bertz CT molecular complexity index is 820. The fourth-order valence-electron chi connectivity index (χ4n) is 2.42. The van der Waals surface area contributed by atoms with Gasteiger partial charge in [0, 0.05) is 5.69 Å². The van der Waals surface area contributed by atoms with E-state index in [0.717, 1.165) is 22.0 Å². The molecule has 3 rings (SSSR count). The highest BCUT2D eigenvalue weighted by atomic mass is 79.9. The van der Waals surface area contributed by atoms with Crippen LogP contribution in [-0.4, -0.2) is 10.7 Å². The molecule has 0 saturated heterocycles. The van der Waals surface area contributed by atoms with E-state index < -0.39 is 0 Å². The minimum Gasteiger partial charge on any atom is -0.325 e. The van der Waals surface area contributed by atoms with Gasteiger partial charge in [-0.2, -0.15) is 0 Å². The van der Waals surface area contributed by atoms with Gasteiger partial charge in [-0.1, -0.05) is 92.5 Å². The number of hydrogen-bond acceptors (Lipinski definition) is 1. The number of halogens is 2. The van der Waals surface area contributed by atoms with E-state index in [1.54, 1.807) is 0 Å². The van der Waals surface area contributed by atoms with E-state index in [9.17, 15) is 4.79 Å². The molecule has 1 amide bonds. The van der Waals surface area contributed by atoms with Crippen molar-refractivity contribution in [3.63, 3.8) is 0 Å². The van der Waals surface area contributed by atoms with Gasteiger partial charge in [0.05, 0.1) is 4.83 Å². The molecule has 2 unspecified atom stereocenters. The van der Waals surface area contributed by atoms with Gasteiger partial charge < -0.3 is 5.32 Å². The van der Waals surface area contributed by atoms with Gasteiger partial charge in [-0.15, -0.1) is 0 Å². The van der Waals surface area contributed by atoms with Gasteiger partial charge in [-0.3, -0.25) is 4.79 Å². The number of amides is 1. The smallest absolute Gasteiger partial charge is 0.239 e. The Balaban J connectivity index is 1.74. The molecule has 1 N–H and O–H groups in total. The van der Waals surface area contributed by atoms with Gasteiger partial charge in [-0.05, 0) is 28.5 Å². The Labute approximate surface area is 152 Å². The first-order valence-corrected chi connectivity index (χ1v) is 9.11. The van der Waals surface area contributed by atoms with E-state index in [0.29, 0.717) is 0 Å². The van der Waals surface area contributed by atoms with Gasteiger partial charge in [0.1, 0.15) is 4.83 Å². The standard InChI is InChI=1S/C19H15Br2NO/c20-17(14-7-2-1-3-8-14)18(21)19(23)22-16-11-10-13-6-4-5-9-15(13)12-16/h1-12,17-18H,(H,22,23). The van der Waals surface area contributed by atoms with Crippen LogP contribution in [0, 0.1) is 0 Å². The normalized spacial score (nSPS) is 13.5. The SMILES string of the molecule is O=C(Nc1ccc2ccccc2c1)C(Br)C(Br)c1ccccc1. The molecular formula is C19H15Br2NO. The lowest BCUT2D eigenvalue weighted by Gasteiger charge is -2.17. The first-order valence-electron chi connectivity index (χ1n) is 7.28. The second-order valence-corrected chi connectivity index (χ2v) is 7.24. The van der Waals surface area contributed by atoms with Crippen molar-refractivity contribution in [3.8, 4) is 0 Å². The molecule has 0 aliphatic heterocycles. The molecule has 3 aromatic carbocycles. The highest BCUT2D eigenvalue weighted by Crippen LogP contribution is 2.32. The molecule has 0 fully saturated rings. The second-order valence-electron chi connectivity index (χ2n) is 5.27. The number of fused-ring (bicyclic) bond motifs is 1. The molecule has 0 aromatic heterocycles. The predicted octanol–water partition coefficient (Wildman–Crippen LogP) is 5.68. The maximum Gasteiger partial charge on any atom is 0.239 e. The quantitative estimate of drug-likeness (QED) is 0.528. The van der Waals surface area contributed by atoms with Crippen LogP contribution in [0.15, 0.2) is 72.8 Å². The van der Waals surface area contributed by atoms with Crippen molar-refractivity contribution in [2.24, 2.45) is 0 Å². The number of anilines is 1. The summed E-state index contributed by atoms with van der Waals surface area (Å²) in [7, 11) is 0. The number of carbonyl (C=O) groups is 1. The summed E-state index contributed by atoms with van der Waals surface area (Å²) in [4.78, 5) is 12.0. The molecule has 0 bridgehead atoms. The van der Waals surface area contributed by atoms with Crippen LogP contribution in [0.2, 0.25) is 0 Å². The summed E-state index contributed by atoms with van der Waals surface area (Å²) in [5, 5.41) is 5.23. The first-order chi connectivity index (χ1) is 11.1. The van der Waals surface area contributed by atoms with Gasteiger partial charge in [0.15, 0.2) is 0 Å². The molecule has 116 valence electrons. The minimum atomic E-state index is -0.364. The van der Waals surface area contributed by atoms with E-state index in [2.05, 4.69) is 43.2 Å². The molecule has 2 nitrogen and oxygen atoms in total. The van der Waals surface area contributed by atoms with Crippen molar-refractivity contribution in [3.05, 3.63) is 78.4 Å². The monoisotopic (exact) mass is 431 g/mol. The third-order valence-corrected chi connectivity index (χ3v) is 6.35. The molecule has 0 aliphatic carbocycles. The zero-order valence-electron chi connectivity index (χ0n) is 12.2. The highest BCUT2D eigenvalue weighted by Gasteiger charge is 2.25. The third-order valence-electron chi connectivity index (χ3n) is 3.64. The summed E-state index contributed by atoms with van der Waals surface area (Å²) >= 11 is 7.09. The third kappa shape index (κ3) is 3.82. The van der Waals surface area contributed by atoms with E-state index >= 15 is 0 Å². The summed E-state index contributed by atoms with van der Waals surface area (Å²) in [6, 6.07) is 23.9. The highest BCUT2D eigenvalue weighted by molar-refractivity contribution is 9.12. The van der Waals surface area contributed by atoms with E-state index in [1.807, 2.05) is 66.7 Å². The molecule has 2 atom stereocenters. The average Bonchev–Trinajstić information content (AvgIpc) is 2.61. The van der Waals surface area contributed by atoms with Crippen molar-refractivity contribution in [2.45, 2.75) is 9.65 Å². The number of rotatable bonds is 4. The van der Waals surface area contributed by atoms with Gasteiger partial charge in [-0.25, -0.2) is 0 Å². The van der Waals surface area contributed by atoms with Gasteiger partial charge >= 0.3 is 0 Å². The largest absolute Gasteiger partial charge is 0.325 e. The number of benzene rings is 3. The van der Waals surface area contributed by atoms with Crippen LogP contribution in [0.25, 0.3) is 10.8 Å². The number of alkyl halides is 2. The minimum absolute atomic E-state index is 0.0778. The lowest BCUT2D eigenvalue weighted by molar-refractivity contribution is -0.115. The van der Waals surface area contributed by atoms with Crippen molar-refractivity contribution in [2.75, 3.05) is 5.32 Å². The van der Waals surface area contributed by atoms with Crippen LogP contribution in [0.5, 0.6) is 0 Å². The van der Waals surface area contributed by atoms with E-state index in [1.165, 1.54) is 0 Å². The maximum atomic E-state index is 12.5. The van der Waals surface area contributed by atoms with E-state index in [4.69, 9.17) is 0 Å². The molecule has 4 heteroatoms. The number of hydrogen-bond donors (Lipinski definition) is 1. The van der Waals surface area contributed by atoms with Crippen molar-refractivity contribution in [1.29, 1.82) is 0 Å². The zero-order valence-corrected chi connectivity index (χ0v) is 15.4. The summed E-state index contributed by atoms with van der Waals surface area (Å²) in [5.74, 6) is -0.0778. The van der Waals surface area contributed by atoms with E-state index in [-0.39, 0.29) is 15.6 Å². The molecule has 3 aromatic rings. The summed E-state index contributed by atoms with van der Waals surface area (Å²) in [5.41, 5.74) is 1.86. The molecule has 0 radical (unpaired) electrons. The van der Waals surface area contributed by atoms with Crippen LogP contribution >= 0.6 is 31.9 Å². The summed E-state index contributed by atoms with van der Waals surface area (Å²) in [6.45, 7) is 0. The molecule has 0 spiro atoms. The number of carbonyl (C=O) groups excluding carboxylic acids is 1. The van der Waals surface area contributed by atoms with Crippen LogP contribution in [0.3, 0.4) is 0 Å². The predicted molar refractivity (Wildman–Crippen MR) is 103 cm³/mol. The molecule has 0 heterocycles. The van der Waals surface area contributed by atoms with Gasteiger partial charge in [0.25, 0.3) is 0 Å². The topological polar surface area (TPSA) is 29.1 Å². The zero-order chi connectivity index (χ0) is 16.2. The fraction of sp³-hybridized carbons (Fsp3) is 0.105. The van der Waals surface area contributed by atoms with Crippen LogP contribution in [-0.2, 0) is 4.79 Å². The van der Waals surface area contributed by atoms with Crippen molar-refractivity contribution in [1.82, 2.24) is 0 Å². The number of nitrogens with one attached hydrogen (secondary N) is 1. The lowest BCUT2D eigenvalue weighted by atomic mass is 10.1. The lowest BCUT2D eigenvalue weighted by Crippen LogP contribution is -2.26. The van der Waals surface area contributed by atoms with Crippen LogP contribution < -0.4 is 5.32 Å². The Hall–Kier alpha value is -1.65. The average molecular weight is 433 g/mol. The Morgan fingerprint density at radius 2 is 1.48 bits per heavy atom. The van der Waals surface area contributed by atoms with Gasteiger partial charge in [0.2, 0.25) is 5.91 Å². The summed E-state index contributed by atoms with van der Waals surface area (Å²) < 4.78 is 0. The maximum absolute atomic E-state index is 12.5. The molecular weight excluding hydrogens is 418 g/mol. The molecule has 0 saturated carbocycles. The Morgan fingerprint density at radius 1 is 0.826 bits per heavy atom. The molecule has 23 heavy (non-hydrogen) atoms. The first kappa shape index (κ1) is 16.2. The Morgan fingerprint density at radius 3 is 2.22 bits per heavy atom. The van der Waals surface area contributed by atoms with Crippen LogP contribution in [0.1, 0.15) is 10.4 Å². The van der Waals surface area contributed by atoms with Crippen LogP contribution in [0.4, 0.5) is 5.69 Å². The van der Waals surface area contributed by atoms with Crippen molar-refractivity contribution < 1.29 is 4.79 Å². The Kier molecular flexibility index (Phi) is 5.13. The molecule has 0 aliphatic rings. The van der Waals surface area contributed by atoms with Crippen molar-refractivity contribution >= 4 is 54.2 Å². The second kappa shape index (κ2) is 7.28.